The van der Waals surface area contributed by atoms with Crippen LogP contribution in [0.5, 0.6) is 0 Å². The Hall–Kier alpha value is -2.81. The van der Waals surface area contributed by atoms with Gasteiger partial charge in [-0.2, -0.15) is 5.26 Å². The molecule has 0 bridgehead atoms. The number of aliphatic hydroxyl groups is 1. The number of nitriles is 1. The molecule has 1 aromatic heterocycles. The van der Waals surface area contributed by atoms with E-state index in [0.717, 1.165) is 5.52 Å². The summed E-state index contributed by atoms with van der Waals surface area (Å²) in [4.78, 5) is 15.7. The second-order valence-corrected chi connectivity index (χ2v) is 5.95. The molecule has 0 amide bonds. The molecular weight excluding hydrogens is 340 g/mol. The fourth-order valence-corrected chi connectivity index (χ4v) is 2.97. The first kappa shape index (κ1) is 17.0. The van der Waals surface area contributed by atoms with Gasteiger partial charge >= 0.3 is 5.97 Å². The Kier molecular flexibility index (Phi) is 4.49. The van der Waals surface area contributed by atoms with Gasteiger partial charge in [0.25, 0.3) is 0 Å². The monoisotopic (exact) mass is 354 g/mol. The first-order valence-electron chi connectivity index (χ1n) is 7.68. The Bertz CT molecular complexity index is 972. The number of benzene rings is 2. The van der Waals surface area contributed by atoms with Gasteiger partial charge in [0.1, 0.15) is 0 Å². The summed E-state index contributed by atoms with van der Waals surface area (Å²) < 4.78 is 5.12. The molecule has 1 unspecified atom stereocenters. The highest BCUT2D eigenvalue weighted by atomic mass is 35.5. The van der Waals surface area contributed by atoms with Gasteiger partial charge in [-0.3, -0.25) is 0 Å². The van der Waals surface area contributed by atoms with Crippen molar-refractivity contribution in [3.8, 4) is 6.07 Å². The standard InChI is InChI=1S/C19H15ClN2O3/c1-2-25-18(23)19(24,13-5-3-12(10-21)4-6-13)16-11-22-17-8-7-14(20)9-15(16)17/h3-9,11,22,24H,2H2,1H3. The minimum atomic E-state index is -2.02. The zero-order chi connectivity index (χ0) is 18.0. The number of aromatic nitrogens is 1. The molecule has 0 saturated carbocycles. The third-order valence-corrected chi connectivity index (χ3v) is 4.27. The number of halogens is 1. The van der Waals surface area contributed by atoms with E-state index in [-0.39, 0.29) is 6.61 Å². The van der Waals surface area contributed by atoms with Gasteiger partial charge < -0.3 is 14.8 Å². The third kappa shape index (κ3) is 2.86. The number of hydrogen-bond donors (Lipinski definition) is 2. The van der Waals surface area contributed by atoms with Crippen LogP contribution in [0, 0.1) is 11.3 Å². The van der Waals surface area contributed by atoms with Crippen LogP contribution in [0.1, 0.15) is 23.6 Å². The van der Waals surface area contributed by atoms with Crippen molar-refractivity contribution in [1.29, 1.82) is 5.26 Å². The van der Waals surface area contributed by atoms with Gasteiger partial charge in [-0.15, -0.1) is 0 Å². The largest absolute Gasteiger partial charge is 0.463 e. The highest BCUT2D eigenvalue weighted by Gasteiger charge is 2.43. The summed E-state index contributed by atoms with van der Waals surface area (Å²) in [6.45, 7) is 1.80. The Morgan fingerprint density at radius 1 is 1.32 bits per heavy atom. The van der Waals surface area contributed by atoms with E-state index in [1.807, 2.05) is 6.07 Å². The molecule has 0 aliphatic carbocycles. The number of esters is 1. The fraction of sp³-hybridized carbons (Fsp3) is 0.158. The van der Waals surface area contributed by atoms with Crippen LogP contribution in [0.4, 0.5) is 0 Å². The van der Waals surface area contributed by atoms with Crippen molar-refractivity contribution < 1.29 is 14.6 Å². The Morgan fingerprint density at radius 3 is 2.68 bits per heavy atom. The lowest BCUT2D eigenvalue weighted by molar-refractivity contribution is -0.161. The van der Waals surface area contributed by atoms with E-state index in [0.29, 0.717) is 27.1 Å². The summed E-state index contributed by atoms with van der Waals surface area (Å²) in [6.07, 6.45) is 1.57. The molecule has 25 heavy (non-hydrogen) atoms. The number of nitrogens with one attached hydrogen (secondary N) is 1. The van der Waals surface area contributed by atoms with Crippen molar-refractivity contribution in [3.63, 3.8) is 0 Å². The molecule has 2 N–H and O–H groups in total. The van der Waals surface area contributed by atoms with Crippen LogP contribution in [0.15, 0.2) is 48.7 Å². The molecule has 0 spiro atoms. The zero-order valence-corrected chi connectivity index (χ0v) is 14.2. The van der Waals surface area contributed by atoms with Crippen molar-refractivity contribution in [2.75, 3.05) is 6.61 Å². The van der Waals surface area contributed by atoms with Gasteiger partial charge in [-0.25, -0.2) is 4.79 Å². The van der Waals surface area contributed by atoms with Crippen LogP contribution >= 0.6 is 11.6 Å². The summed E-state index contributed by atoms with van der Waals surface area (Å²) in [5.41, 5.74) is -0.209. The molecule has 0 fully saturated rings. The van der Waals surface area contributed by atoms with Crippen LogP contribution in [0.2, 0.25) is 5.02 Å². The molecular formula is C19H15ClN2O3. The molecule has 0 radical (unpaired) electrons. The van der Waals surface area contributed by atoms with Crippen molar-refractivity contribution in [1.82, 2.24) is 4.98 Å². The number of fused-ring (bicyclic) bond motifs is 1. The lowest BCUT2D eigenvalue weighted by Crippen LogP contribution is -2.38. The Balaban J connectivity index is 2.24. The summed E-state index contributed by atoms with van der Waals surface area (Å²) in [5, 5.41) is 21.4. The number of nitrogens with zero attached hydrogens (tertiary/aromatic N) is 1. The van der Waals surface area contributed by atoms with Gasteiger partial charge in [0.2, 0.25) is 5.60 Å². The molecule has 126 valence electrons. The highest BCUT2D eigenvalue weighted by Crippen LogP contribution is 2.37. The normalized spacial score (nSPS) is 13.2. The third-order valence-electron chi connectivity index (χ3n) is 4.04. The molecule has 3 aromatic rings. The molecule has 0 aliphatic heterocycles. The fourth-order valence-electron chi connectivity index (χ4n) is 2.80. The van der Waals surface area contributed by atoms with Gasteiger partial charge in [0.05, 0.1) is 18.2 Å². The van der Waals surface area contributed by atoms with Crippen LogP contribution in [-0.2, 0) is 15.1 Å². The van der Waals surface area contributed by atoms with Crippen LogP contribution in [-0.4, -0.2) is 22.7 Å². The van der Waals surface area contributed by atoms with Crippen LogP contribution in [0.25, 0.3) is 10.9 Å². The molecule has 1 heterocycles. The van der Waals surface area contributed by atoms with Crippen molar-refractivity contribution >= 4 is 28.5 Å². The predicted molar refractivity (Wildman–Crippen MR) is 94.1 cm³/mol. The summed E-state index contributed by atoms with van der Waals surface area (Å²) in [7, 11) is 0. The summed E-state index contributed by atoms with van der Waals surface area (Å²) in [5.74, 6) is -0.791. The van der Waals surface area contributed by atoms with Gasteiger partial charge in [-0.05, 0) is 42.8 Å². The number of carbonyl (C=O) groups excluding carboxylic acids is 1. The zero-order valence-electron chi connectivity index (χ0n) is 13.4. The maximum atomic E-state index is 12.7. The number of carbonyl (C=O) groups is 1. The van der Waals surface area contributed by atoms with Gasteiger partial charge in [-0.1, -0.05) is 23.7 Å². The number of aromatic amines is 1. The predicted octanol–water partition coefficient (Wildman–Crippen LogP) is 3.49. The van der Waals surface area contributed by atoms with E-state index in [1.165, 1.54) is 0 Å². The number of H-pyrrole nitrogens is 1. The van der Waals surface area contributed by atoms with Crippen molar-refractivity contribution in [2.45, 2.75) is 12.5 Å². The first-order valence-corrected chi connectivity index (χ1v) is 8.05. The van der Waals surface area contributed by atoms with E-state index in [1.54, 1.807) is 55.6 Å². The van der Waals surface area contributed by atoms with Crippen molar-refractivity contribution in [3.05, 3.63) is 70.4 Å². The summed E-state index contributed by atoms with van der Waals surface area (Å²) >= 11 is 6.08. The topological polar surface area (TPSA) is 86.1 Å². The number of ether oxygens (including phenoxy) is 1. The lowest BCUT2D eigenvalue weighted by Gasteiger charge is -2.26. The maximum Gasteiger partial charge on any atom is 0.347 e. The van der Waals surface area contributed by atoms with E-state index in [2.05, 4.69) is 4.98 Å². The summed E-state index contributed by atoms with van der Waals surface area (Å²) in [6, 6.07) is 13.3. The highest BCUT2D eigenvalue weighted by molar-refractivity contribution is 6.31. The molecule has 2 aromatic carbocycles. The molecule has 0 aliphatic rings. The van der Waals surface area contributed by atoms with E-state index < -0.39 is 11.6 Å². The molecule has 0 saturated heterocycles. The van der Waals surface area contributed by atoms with E-state index >= 15 is 0 Å². The average Bonchev–Trinajstić information content (AvgIpc) is 3.04. The SMILES string of the molecule is CCOC(=O)C(O)(c1ccc(C#N)cc1)c1c[nH]c2ccc(Cl)cc12. The molecule has 6 heteroatoms. The quantitative estimate of drug-likeness (QED) is 0.702. The maximum absolute atomic E-state index is 12.7. The molecule has 5 nitrogen and oxygen atoms in total. The van der Waals surface area contributed by atoms with Crippen molar-refractivity contribution in [2.24, 2.45) is 0 Å². The Labute approximate surface area is 149 Å². The van der Waals surface area contributed by atoms with Crippen LogP contribution < -0.4 is 0 Å². The van der Waals surface area contributed by atoms with Gasteiger partial charge in [0, 0.05) is 27.7 Å². The first-order chi connectivity index (χ1) is 12.0. The lowest BCUT2D eigenvalue weighted by atomic mass is 9.85. The van der Waals surface area contributed by atoms with E-state index in [4.69, 9.17) is 21.6 Å². The Morgan fingerprint density at radius 2 is 2.04 bits per heavy atom. The molecule has 1 atom stereocenters. The number of hydrogen-bond acceptors (Lipinski definition) is 4. The second kappa shape index (κ2) is 6.60. The van der Waals surface area contributed by atoms with E-state index in [9.17, 15) is 9.90 Å². The molecule has 3 rings (SSSR count). The second-order valence-electron chi connectivity index (χ2n) is 5.51. The van der Waals surface area contributed by atoms with Crippen LogP contribution in [0.3, 0.4) is 0 Å². The van der Waals surface area contributed by atoms with Gasteiger partial charge in [0.15, 0.2) is 0 Å². The number of rotatable bonds is 4. The minimum Gasteiger partial charge on any atom is -0.463 e. The minimum absolute atomic E-state index is 0.126. The smallest absolute Gasteiger partial charge is 0.347 e. The average molecular weight is 355 g/mol.